The summed E-state index contributed by atoms with van der Waals surface area (Å²) < 4.78 is 0. The van der Waals surface area contributed by atoms with Gasteiger partial charge in [0.05, 0.1) is 13.1 Å². The second-order valence-electron chi connectivity index (χ2n) is 6.32. The maximum absolute atomic E-state index is 12.4. The third-order valence-electron chi connectivity index (χ3n) is 4.86. The highest BCUT2D eigenvalue weighted by molar-refractivity contribution is 6.31. The molecule has 4 heteroatoms. The Labute approximate surface area is 131 Å². The number of hydrogen-bond acceptors (Lipinski definition) is 1. The monoisotopic (exact) mass is 307 g/mol. The fourth-order valence-electron chi connectivity index (χ4n) is 3.56. The first kappa shape index (κ1) is 14.9. The Morgan fingerprint density at radius 3 is 2.52 bits per heavy atom. The van der Waals surface area contributed by atoms with E-state index in [0.717, 1.165) is 50.6 Å². The average Bonchev–Trinajstić information content (AvgIpc) is 3.04. The zero-order valence-electron chi connectivity index (χ0n) is 12.5. The van der Waals surface area contributed by atoms with E-state index in [2.05, 4.69) is 11.0 Å². The lowest BCUT2D eigenvalue weighted by Gasteiger charge is -2.31. The van der Waals surface area contributed by atoms with Crippen molar-refractivity contribution in [3.63, 3.8) is 0 Å². The van der Waals surface area contributed by atoms with Crippen LogP contribution in [0.3, 0.4) is 0 Å². The number of hydrogen-bond donors (Lipinski definition) is 1. The van der Waals surface area contributed by atoms with Gasteiger partial charge in [0.2, 0.25) is 5.91 Å². The van der Waals surface area contributed by atoms with Crippen LogP contribution in [0.1, 0.15) is 31.2 Å². The second-order valence-corrected chi connectivity index (χ2v) is 6.73. The molecule has 0 unspecified atom stereocenters. The van der Waals surface area contributed by atoms with Crippen LogP contribution >= 0.6 is 11.6 Å². The molecule has 1 N–H and O–H groups in total. The van der Waals surface area contributed by atoms with Crippen LogP contribution in [0.5, 0.6) is 0 Å². The number of quaternary nitrogens is 1. The van der Waals surface area contributed by atoms with Gasteiger partial charge in [-0.1, -0.05) is 29.8 Å². The van der Waals surface area contributed by atoms with Gasteiger partial charge in [0, 0.05) is 42.4 Å². The largest absolute Gasteiger partial charge is 0.342 e. The van der Waals surface area contributed by atoms with Gasteiger partial charge in [-0.3, -0.25) is 4.79 Å². The predicted molar refractivity (Wildman–Crippen MR) is 84.4 cm³/mol. The molecule has 21 heavy (non-hydrogen) atoms. The zero-order chi connectivity index (χ0) is 14.7. The zero-order valence-corrected chi connectivity index (χ0v) is 13.2. The summed E-state index contributed by atoms with van der Waals surface area (Å²) in [6, 6.07) is 8.09. The maximum Gasteiger partial charge on any atom is 0.226 e. The topological polar surface area (TPSA) is 24.8 Å². The van der Waals surface area contributed by atoms with Crippen molar-refractivity contribution in [3.8, 4) is 0 Å². The van der Waals surface area contributed by atoms with Crippen molar-refractivity contribution >= 4 is 17.5 Å². The van der Waals surface area contributed by atoms with Crippen molar-refractivity contribution in [3.05, 3.63) is 34.9 Å². The van der Waals surface area contributed by atoms with E-state index in [9.17, 15) is 4.79 Å². The van der Waals surface area contributed by atoms with Gasteiger partial charge >= 0.3 is 0 Å². The number of carbonyl (C=O) groups is 1. The fraction of sp³-hybridized carbons (Fsp3) is 0.588. The molecule has 2 saturated heterocycles. The normalized spacial score (nSPS) is 26.0. The minimum Gasteiger partial charge on any atom is -0.342 e. The van der Waals surface area contributed by atoms with E-state index in [4.69, 9.17) is 11.6 Å². The highest BCUT2D eigenvalue weighted by atomic mass is 35.5. The summed E-state index contributed by atoms with van der Waals surface area (Å²) in [5, 5.41) is 0.861. The number of amides is 1. The molecule has 0 aromatic heterocycles. The van der Waals surface area contributed by atoms with Crippen LogP contribution in [0.15, 0.2) is 24.3 Å². The summed E-state index contributed by atoms with van der Waals surface area (Å²) in [4.78, 5) is 16.0. The Morgan fingerprint density at radius 2 is 1.86 bits per heavy atom. The molecule has 1 aromatic rings. The van der Waals surface area contributed by atoms with E-state index in [-0.39, 0.29) is 5.92 Å². The lowest BCUT2D eigenvalue weighted by molar-refractivity contribution is -0.919. The molecule has 2 fully saturated rings. The van der Waals surface area contributed by atoms with E-state index in [1.165, 1.54) is 18.4 Å². The number of rotatable bonds is 3. The molecule has 2 aliphatic heterocycles. The quantitative estimate of drug-likeness (QED) is 0.904. The van der Waals surface area contributed by atoms with Gasteiger partial charge in [-0.05, 0) is 18.9 Å². The highest BCUT2D eigenvalue weighted by Gasteiger charge is 2.31. The average molecular weight is 308 g/mol. The molecule has 2 aliphatic rings. The Kier molecular flexibility index (Phi) is 4.81. The Bertz CT molecular complexity index is 491. The van der Waals surface area contributed by atoms with Crippen molar-refractivity contribution < 1.29 is 9.69 Å². The number of nitrogens with zero attached hydrogens (tertiary/aromatic N) is 1. The number of nitrogens with one attached hydrogen (secondary N) is 1. The highest BCUT2D eigenvalue weighted by Crippen LogP contribution is 2.18. The predicted octanol–water partition coefficient (Wildman–Crippen LogP) is 1.76. The molecule has 3 rings (SSSR count). The van der Waals surface area contributed by atoms with Crippen molar-refractivity contribution in [2.45, 2.75) is 32.2 Å². The summed E-state index contributed by atoms with van der Waals surface area (Å²) in [5.41, 5.74) is 1.22. The van der Waals surface area contributed by atoms with Crippen molar-refractivity contribution in [1.82, 2.24) is 4.90 Å². The number of piperidine rings is 1. The maximum atomic E-state index is 12.4. The lowest BCUT2D eigenvalue weighted by atomic mass is 9.95. The Hall–Kier alpha value is -1.06. The van der Waals surface area contributed by atoms with Gasteiger partial charge in [-0.2, -0.15) is 0 Å². The van der Waals surface area contributed by atoms with Gasteiger partial charge in [0.1, 0.15) is 6.54 Å². The Balaban J connectivity index is 1.51. The molecule has 3 nitrogen and oxygen atoms in total. The summed E-state index contributed by atoms with van der Waals surface area (Å²) in [7, 11) is 0. The number of benzene rings is 1. The molecule has 0 spiro atoms. The molecular weight excluding hydrogens is 284 g/mol. The fourth-order valence-corrected chi connectivity index (χ4v) is 3.76. The lowest BCUT2D eigenvalue weighted by Crippen LogP contribution is -3.11. The van der Waals surface area contributed by atoms with Crippen LogP contribution in [-0.2, 0) is 11.3 Å². The second kappa shape index (κ2) is 6.80. The van der Waals surface area contributed by atoms with E-state index < -0.39 is 0 Å². The third-order valence-corrected chi connectivity index (χ3v) is 5.23. The summed E-state index contributed by atoms with van der Waals surface area (Å²) in [6.07, 6.45) is 4.41. The minimum absolute atomic E-state index is 0.262. The van der Waals surface area contributed by atoms with Gasteiger partial charge in [-0.15, -0.1) is 0 Å². The van der Waals surface area contributed by atoms with E-state index in [0.29, 0.717) is 5.91 Å². The molecule has 0 saturated carbocycles. The first-order valence-electron chi connectivity index (χ1n) is 8.10. The summed E-state index contributed by atoms with van der Waals surface area (Å²) in [6.45, 7) is 5.09. The van der Waals surface area contributed by atoms with Crippen LogP contribution in [0, 0.1) is 5.92 Å². The van der Waals surface area contributed by atoms with Gasteiger partial charge in [0.25, 0.3) is 0 Å². The smallest absolute Gasteiger partial charge is 0.226 e. The summed E-state index contributed by atoms with van der Waals surface area (Å²) in [5.74, 6) is 0.669. The van der Waals surface area contributed by atoms with E-state index >= 15 is 0 Å². The Morgan fingerprint density at radius 1 is 1.19 bits per heavy atom. The van der Waals surface area contributed by atoms with Gasteiger partial charge < -0.3 is 9.80 Å². The molecule has 2 heterocycles. The molecule has 1 aromatic carbocycles. The van der Waals surface area contributed by atoms with E-state index in [1.54, 1.807) is 4.90 Å². The van der Waals surface area contributed by atoms with Gasteiger partial charge in [0.15, 0.2) is 0 Å². The van der Waals surface area contributed by atoms with Gasteiger partial charge in [-0.25, -0.2) is 0 Å². The molecular formula is C17H24ClN2O+. The van der Waals surface area contributed by atoms with Crippen LogP contribution < -0.4 is 4.90 Å². The standard InChI is InChI=1S/C17H23ClN2O/c18-16-6-2-1-5-15(16)13-19-11-7-14(8-12-19)17(21)20-9-3-4-10-20/h1-2,5-6,14H,3-4,7-13H2/p+1. The first-order chi connectivity index (χ1) is 10.2. The molecule has 114 valence electrons. The van der Waals surface area contributed by atoms with Crippen molar-refractivity contribution in [2.75, 3.05) is 26.2 Å². The molecule has 0 atom stereocenters. The first-order valence-corrected chi connectivity index (χ1v) is 8.47. The summed E-state index contributed by atoms with van der Waals surface area (Å²) >= 11 is 6.23. The van der Waals surface area contributed by atoms with E-state index in [1.807, 2.05) is 18.2 Å². The number of carbonyl (C=O) groups excluding carboxylic acids is 1. The van der Waals surface area contributed by atoms with Crippen LogP contribution in [0.2, 0.25) is 5.02 Å². The van der Waals surface area contributed by atoms with Crippen LogP contribution in [0.4, 0.5) is 0 Å². The minimum atomic E-state index is 0.262. The van der Waals surface area contributed by atoms with Crippen molar-refractivity contribution in [1.29, 1.82) is 0 Å². The molecule has 0 aliphatic carbocycles. The number of halogens is 1. The van der Waals surface area contributed by atoms with Crippen LogP contribution in [-0.4, -0.2) is 37.0 Å². The molecule has 0 radical (unpaired) electrons. The third kappa shape index (κ3) is 3.58. The van der Waals surface area contributed by atoms with Crippen molar-refractivity contribution in [2.24, 2.45) is 5.92 Å². The molecule has 1 amide bonds. The number of likely N-dealkylation sites (tertiary alicyclic amines) is 2. The van der Waals surface area contributed by atoms with Crippen LogP contribution in [0.25, 0.3) is 0 Å². The molecule has 0 bridgehead atoms. The SMILES string of the molecule is O=C(C1CC[NH+](Cc2ccccc2Cl)CC1)N1CCCC1.